The van der Waals surface area contributed by atoms with E-state index in [9.17, 15) is 4.39 Å². The van der Waals surface area contributed by atoms with Gasteiger partial charge in [-0.2, -0.15) is 0 Å². The number of rotatable bonds is 3. The first-order valence-corrected chi connectivity index (χ1v) is 3.74. The van der Waals surface area contributed by atoms with Crippen LogP contribution in [0.15, 0.2) is 24.3 Å². The van der Waals surface area contributed by atoms with Crippen molar-refractivity contribution in [2.75, 3.05) is 12.4 Å². The molecular formula is C9H12FN. The molecule has 11 heavy (non-hydrogen) atoms. The van der Waals surface area contributed by atoms with Crippen LogP contribution in [-0.4, -0.2) is 6.67 Å². The summed E-state index contributed by atoms with van der Waals surface area (Å²) in [5.74, 6) is 0. The highest BCUT2D eigenvalue weighted by Crippen LogP contribution is 2.12. The molecule has 1 nitrogen and oxygen atoms in total. The second kappa shape index (κ2) is 3.96. The lowest BCUT2D eigenvalue weighted by atomic mass is 10.1. The number of aryl methyl sites for hydroxylation is 1. The van der Waals surface area contributed by atoms with Gasteiger partial charge in [0.05, 0.1) is 6.67 Å². The highest BCUT2D eigenvalue weighted by atomic mass is 19.1. The van der Waals surface area contributed by atoms with Crippen LogP contribution in [0.25, 0.3) is 0 Å². The molecule has 60 valence electrons. The Kier molecular flexibility index (Phi) is 2.90. The SMILES string of the molecule is Nc1ccccc1CCCF. The molecule has 2 N–H and O–H groups in total. The number of para-hydroxylation sites is 1. The average Bonchev–Trinajstić information content (AvgIpc) is 2.03. The molecule has 0 heterocycles. The molecule has 0 aliphatic heterocycles. The largest absolute Gasteiger partial charge is 0.399 e. The maximum Gasteiger partial charge on any atom is 0.0897 e. The van der Waals surface area contributed by atoms with Gasteiger partial charge in [-0.15, -0.1) is 0 Å². The topological polar surface area (TPSA) is 26.0 Å². The van der Waals surface area contributed by atoms with Crippen molar-refractivity contribution < 1.29 is 4.39 Å². The van der Waals surface area contributed by atoms with Gasteiger partial charge in [0.2, 0.25) is 0 Å². The van der Waals surface area contributed by atoms with Crippen LogP contribution in [0.2, 0.25) is 0 Å². The van der Waals surface area contributed by atoms with Gasteiger partial charge in [0.15, 0.2) is 0 Å². The van der Waals surface area contributed by atoms with E-state index in [4.69, 9.17) is 5.73 Å². The summed E-state index contributed by atoms with van der Waals surface area (Å²) in [5.41, 5.74) is 7.45. The molecule has 1 aromatic rings. The molecule has 0 radical (unpaired) electrons. The summed E-state index contributed by atoms with van der Waals surface area (Å²) in [6.45, 7) is -0.270. The molecule has 1 aromatic carbocycles. The molecule has 0 aliphatic rings. The van der Waals surface area contributed by atoms with E-state index in [1.54, 1.807) is 0 Å². The first kappa shape index (κ1) is 8.05. The van der Waals surface area contributed by atoms with Crippen molar-refractivity contribution >= 4 is 5.69 Å². The van der Waals surface area contributed by atoms with E-state index < -0.39 is 0 Å². The van der Waals surface area contributed by atoms with Gasteiger partial charge < -0.3 is 5.73 Å². The summed E-state index contributed by atoms with van der Waals surface area (Å²) < 4.78 is 11.8. The molecule has 0 bridgehead atoms. The molecule has 0 aliphatic carbocycles. The Hall–Kier alpha value is -1.05. The second-order valence-corrected chi connectivity index (χ2v) is 2.49. The maximum atomic E-state index is 11.8. The normalized spacial score (nSPS) is 9.91. The van der Waals surface area contributed by atoms with E-state index >= 15 is 0 Å². The smallest absolute Gasteiger partial charge is 0.0897 e. The summed E-state index contributed by atoms with van der Waals surface area (Å²) in [4.78, 5) is 0. The number of nitrogens with two attached hydrogens (primary N) is 1. The van der Waals surface area contributed by atoms with Crippen molar-refractivity contribution in [3.63, 3.8) is 0 Å². The fourth-order valence-corrected chi connectivity index (χ4v) is 1.02. The first-order valence-electron chi connectivity index (χ1n) is 3.74. The predicted octanol–water partition coefficient (Wildman–Crippen LogP) is 2.17. The highest BCUT2D eigenvalue weighted by molar-refractivity contribution is 5.46. The van der Waals surface area contributed by atoms with Crippen molar-refractivity contribution in [2.24, 2.45) is 0 Å². The van der Waals surface area contributed by atoms with E-state index in [0.717, 1.165) is 17.7 Å². The molecule has 0 spiro atoms. The number of hydrogen-bond donors (Lipinski definition) is 1. The maximum absolute atomic E-state index is 11.8. The Bertz CT molecular complexity index is 223. The molecule has 0 fully saturated rings. The molecule has 0 atom stereocenters. The zero-order valence-corrected chi connectivity index (χ0v) is 6.39. The molecule has 0 aromatic heterocycles. The average molecular weight is 153 g/mol. The number of hydrogen-bond acceptors (Lipinski definition) is 1. The Morgan fingerprint density at radius 1 is 1.27 bits per heavy atom. The molecular weight excluding hydrogens is 141 g/mol. The van der Waals surface area contributed by atoms with Crippen molar-refractivity contribution in [3.05, 3.63) is 29.8 Å². The van der Waals surface area contributed by atoms with E-state index in [0.29, 0.717) is 6.42 Å². The molecule has 1 rings (SSSR count). The number of halogens is 1. The number of nitrogen functional groups attached to an aromatic ring is 1. The van der Waals surface area contributed by atoms with E-state index in [-0.39, 0.29) is 6.67 Å². The van der Waals surface area contributed by atoms with Crippen LogP contribution < -0.4 is 5.73 Å². The Morgan fingerprint density at radius 2 is 2.00 bits per heavy atom. The van der Waals surface area contributed by atoms with Crippen molar-refractivity contribution in [1.82, 2.24) is 0 Å². The first-order chi connectivity index (χ1) is 5.34. The quantitative estimate of drug-likeness (QED) is 0.662. The fourth-order valence-electron chi connectivity index (χ4n) is 1.02. The van der Waals surface area contributed by atoms with E-state index in [2.05, 4.69) is 0 Å². The highest BCUT2D eigenvalue weighted by Gasteiger charge is 1.95. The Morgan fingerprint density at radius 3 is 2.64 bits per heavy atom. The van der Waals surface area contributed by atoms with Gasteiger partial charge >= 0.3 is 0 Å². The molecule has 0 saturated heterocycles. The zero-order chi connectivity index (χ0) is 8.10. The van der Waals surface area contributed by atoms with Crippen LogP contribution in [0.4, 0.5) is 10.1 Å². The van der Waals surface area contributed by atoms with Crippen LogP contribution in [0.5, 0.6) is 0 Å². The lowest BCUT2D eigenvalue weighted by molar-refractivity contribution is 0.473. The summed E-state index contributed by atoms with van der Waals surface area (Å²) in [7, 11) is 0. The van der Waals surface area contributed by atoms with Gasteiger partial charge in [-0.05, 0) is 24.5 Å². The number of anilines is 1. The summed E-state index contributed by atoms with van der Waals surface area (Å²) >= 11 is 0. The summed E-state index contributed by atoms with van der Waals surface area (Å²) in [6.07, 6.45) is 1.30. The fraction of sp³-hybridized carbons (Fsp3) is 0.333. The van der Waals surface area contributed by atoms with Crippen molar-refractivity contribution in [2.45, 2.75) is 12.8 Å². The number of alkyl halides is 1. The Labute approximate surface area is 66.0 Å². The third kappa shape index (κ3) is 2.22. The monoisotopic (exact) mass is 153 g/mol. The van der Waals surface area contributed by atoms with Gasteiger partial charge in [0.1, 0.15) is 0 Å². The lowest BCUT2D eigenvalue weighted by Crippen LogP contribution is -1.94. The Balaban J connectivity index is 2.62. The van der Waals surface area contributed by atoms with Crippen LogP contribution in [0.1, 0.15) is 12.0 Å². The third-order valence-corrected chi connectivity index (χ3v) is 1.63. The zero-order valence-electron chi connectivity index (χ0n) is 6.39. The predicted molar refractivity (Wildman–Crippen MR) is 45.2 cm³/mol. The van der Waals surface area contributed by atoms with Crippen molar-refractivity contribution in [3.8, 4) is 0 Å². The minimum atomic E-state index is -0.270. The lowest BCUT2D eigenvalue weighted by Gasteiger charge is -2.01. The molecule has 0 amide bonds. The standard InChI is InChI=1S/C9H12FN/c10-7-3-5-8-4-1-2-6-9(8)11/h1-2,4,6H,3,5,7,11H2. The van der Waals surface area contributed by atoms with Crippen LogP contribution in [-0.2, 0) is 6.42 Å². The summed E-state index contributed by atoms with van der Waals surface area (Å²) in [5, 5.41) is 0. The van der Waals surface area contributed by atoms with Crippen LogP contribution in [0, 0.1) is 0 Å². The minimum absolute atomic E-state index is 0.270. The second-order valence-electron chi connectivity index (χ2n) is 2.49. The number of benzene rings is 1. The molecule has 0 unspecified atom stereocenters. The van der Waals surface area contributed by atoms with Gasteiger partial charge in [-0.3, -0.25) is 4.39 Å². The third-order valence-electron chi connectivity index (χ3n) is 1.63. The van der Waals surface area contributed by atoms with Gasteiger partial charge in [0, 0.05) is 5.69 Å². The van der Waals surface area contributed by atoms with E-state index in [1.807, 2.05) is 24.3 Å². The summed E-state index contributed by atoms with van der Waals surface area (Å²) in [6, 6.07) is 7.58. The van der Waals surface area contributed by atoms with Crippen molar-refractivity contribution in [1.29, 1.82) is 0 Å². The van der Waals surface area contributed by atoms with Gasteiger partial charge in [-0.25, -0.2) is 0 Å². The van der Waals surface area contributed by atoms with Crippen LogP contribution in [0.3, 0.4) is 0 Å². The van der Waals surface area contributed by atoms with Gasteiger partial charge in [-0.1, -0.05) is 18.2 Å². The van der Waals surface area contributed by atoms with Gasteiger partial charge in [0.25, 0.3) is 0 Å². The van der Waals surface area contributed by atoms with E-state index in [1.165, 1.54) is 0 Å². The van der Waals surface area contributed by atoms with Crippen LogP contribution >= 0.6 is 0 Å². The molecule has 2 heteroatoms. The molecule has 0 saturated carbocycles. The minimum Gasteiger partial charge on any atom is -0.399 e.